The van der Waals surface area contributed by atoms with Gasteiger partial charge in [-0.15, -0.1) is 0 Å². The van der Waals surface area contributed by atoms with Crippen LogP contribution in [-0.2, 0) is 7.05 Å². The SMILES string of the molecule is Cn1ccc2ccc(-c3cc(Nc4cccnc4-c4ccnc(N)n4)cc4nccnc34)cc21. The monoisotopic (exact) mass is 444 g/mol. The fourth-order valence-corrected chi connectivity index (χ4v) is 4.17. The van der Waals surface area contributed by atoms with Crippen LogP contribution in [0.3, 0.4) is 0 Å². The highest BCUT2D eigenvalue weighted by atomic mass is 15.0. The summed E-state index contributed by atoms with van der Waals surface area (Å²) in [6.45, 7) is 0. The molecule has 8 nitrogen and oxygen atoms in total. The van der Waals surface area contributed by atoms with Crippen molar-refractivity contribution in [1.29, 1.82) is 0 Å². The van der Waals surface area contributed by atoms with Crippen LogP contribution < -0.4 is 11.1 Å². The molecule has 0 saturated heterocycles. The Morgan fingerprint density at radius 2 is 1.76 bits per heavy atom. The van der Waals surface area contributed by atoms with E-state index >= 15 is 0 Å². The van der Waals surface area contributed by atoms with E-state index in [1.165, 1.54) is 5.39 Å². The van der Waals surface area contributed by atoms with E-state index in [1.54, 1.807) is 30.9 Å². The zero-order valence-electron chi connectivity index (χ0n) is 18.3. The molecule has 0 atom stereocenters. The smallest absolute Gasteiger partial charge is 0.220 e. The summed E-state index contributed by atoms with van der Waals surface area (Å²) >= 11 is 0. The molecule has 0 unspecified atom stereocenters. The van der Waals surface area contributed by atoms with E-state index in [1.807, 2.05) is 25.2 Å². The van der Waals surface area contributed by atoms with Gasteiger partial charge in [0.1, 0.15) is 5.69 Å². The second-order valence-corrected chi connectivity index (χ2v) is 7.97. The zero-order valence-corrected chi connectivity index (χ0v) is 18.3. The lowest BCUT2D eigenvalue weighted by atomic mass is 10.0. The van der Waals surface area contributed by atoms with Crippen LogP contribution in [-0.4, -0.2) is 29.5 Å². The van der Waals surface area contributed by atoms with Crippen LogP contribution in [0, 0.1) is 0 Å². The van der Waals surface area contributed by atoms with Gasteiger partial charge < -0.3 is 15.6 Å². The highest BCUT2D eigenvalue weighted by Crippen LogP contribution is 2.34. The van der Waals surface area contributed by atoms with Crippen LogP contribution in [0.4, 0.5) is 17.3 Å². The number of hydrogen-bond acceptors (Lipinski definition) is 7. The van der Waals surface area contributed by atoms with Crippen LogP contribution in [0.1, 0.15) is 0 Å². The van der Waals surface area contributed by atoms with E-state index in [0.29, 0.717) is 11.4 Å². The molecule has 0 spiro atoms. The Morgan fingerprint density at radius 1 is 0.853 bits per heavy atom. The summed E-state index contributed by atoms with van der Waals surface area (Å²) < 4.78 is 2.12. The van der Waals surface area contributed by atoms with Gasteiger partial charge in [0.05, 0.1) is 22.4 Å². The van der Waals surface area contributed by atoms with Crippen LogP contribution >= 0.6 is 0 Å². The molecule has 0 fully saturated rings. The van der Waals surface area contributed by atoms with Gasteiger partial charge in [-0.2, -0.15) is 0 Å². The van der Waals surface area contributed by atoms with E-state index < -0.39 is 0 Å². The first-order valence-electron chi connectivity index (χ1n) is 10.8. The third kappa shape index (κ3) is 3.47. The number of rotatable bonds is 4. The van der Waals surface area contributed by atoms with Gasteiger partial charge in [-0.05, 0) is 53.4 Å². The minimum atomic E-state index is 0.202. The van der Waals surface area contributed by atoms with Crippen molar-refractivity contribution in [2.24, 2.45) is 7.05 Å². The summed E-state index contributed by atoms with van der Waals surface area (Å²) in [5, 5.41) is 4.69. The summed E-state index contributed by atoms with van der Waals surface area (Å²) in [4.78, 5) is 22.0. The largest absolute Gasteiger partial charge is 0.368 e. The summed E-state index contributed by atoms with van der Waals surface area (Å²) in [5.74, 6) is 0.202. The Labute approximate surface area is 195 Å². The molecule has 34 heavy (non-hydrogen) atoms. The van der Waals surface area contributed by atoms with E-state index in [4.69, 9.17) is 5.73 Å². The molecule has 0 aliphatic carbocycles. The molecule has 164 valence electrons. The topological polar surface area (TPSA) is 107 Å². The van der Waals surface area contributed by atoms with Gasteiger partial charge >= 0.3 is 0 Å². The van der Waals surface area contributed by atoms with Crippen molar-refractivity contribution in [2.75, 3.05) is 11.1 Å². The average Bonchev–Trinajstić information content (AvgIpc) is 3.24. The number of anilines is 3. The van der Waals surface area contributed by atoms with Gasteiger partial charge in [0.15, 0.2) is 0 Å². The molecule has 0 bridgehead atoms. The van der Waals surface area contributed by atoms with Crippen molar-refractivity contribution in [1.82, 2.24) is 29.5 Å². The van der Waals surface area contributed by atoms with Crippen molar-refractivity contribution in [3.05, 3.63) is 85.6 Å². The molecule has 6 aromatic rings. The molecule has 0 saturated carbocycles. The molecule has 2 aromatic carbocycles. The minimum Gasteiger partial charge on any atom is -0.368 e. The molecule has 4 aromatic heterocycles. The maximum atomic E-state index is 5.80. The number of nitrogen functional groups attached to an aromatic ring is 1. The number of nitrogens with one attached hydrogen (secondary N) is 1. The van der Waals surface area contributed by atoms with Crippen molar-refractivity contribution in [3.8, 4) is 22.5 Å². The standard InChI is InChI=1S/C26H20N8/c1-34-12-7-16-4-5-17(13-23(16)34)19-14-18(15-22-24(19)30-11-10-28-22)32-20-3-2-8-29-25(20)21-6-9-31-26(27)33-21/h2-15,32H,1H3,(H2,27,31,33). The number of pyridine rings is 1. The average molecular weight is 445 g/mol. The number of aryl methyl sites for hydroxylation is 1. The van der Waals surface area contributed by atoms with Gasteiger partial charge in [-0.3, -0.25) is 15.0 Å². The maximum Gasteiger partial charge on any atom is 0.220 e. The summed E-state index contributed by atoms with van der Waals surface area (Å²) in [7, 11) is 2.05. The molecule has 8 heteroatoms. The van der Waals surface area contributed by atoms with E-state index in [2.05, 4.69) is 71.3 Å². The molecular formula is C26H20N8. The van der Waals surface area contributed by atoms with Gasteiger partial charge in [0.25, 0.3) is 0 Å². The number of nitrogens with zero attached hydrogens (tertiary/aromatic N) is 6. The molecular weight excluding hydrogens is 424 g/mol. The van der Waals surface area contributed by atoms with Crippen LogP contribution in [0.2, 0.25) is 0 Å². The number of nitrogens with two attached hydrogens (primary N) is 1. The quantitative estimate of drug-likeness (QED) is 0.395. The number of fused-ring (bicyclic) bond motifs is 2. The minimum absolute atomic E-state index is 0.202. The van der Waals surface area contributed by atoms with Crippen molar-refractivity contribution < 1.29 is 0 Å². The lowest BCUT2D eigenvalue weighted by Crippen LogP contribution is -2.00. The molecule has 0 aliphatic heterocycles. The summed E-state index contributed by atoms with van der Waals surface area (Å²) in [5.41, 5.74) is 13.7. The van der Waals surface area contributed by atoms with Gasteiger partial charge in [-0.25, -0.2) is 9.97 Å². The fraction of sp³-hybridized carbons (Fsp3) is 0.0385. The van der Waals surface area contributed by atoms with E-state index in [-0.39, 0.29) is 5.95 Å². The lowest BCUT2D eigenvalue weighted by molar-refractivity contribution is 0.969. The second kappa shape index (κ2) is 7.93. The Kier molecular flexibility index (Phi) is 4.62. The maximum absolute atomic E-state index is 5.80. The first-order valence-corrected chi connectivity index (χ1v) is 10.8. The van der Waals surface area contributed by atoms with Gasteiger partial charge in [0.2, 0.25) is 5.95 Å². The Hall–Kier alpha value is -4.85. The molecule has 0 radical (unpaired) electrons. The van der Waals surface area contributed by atoms with E-state index in [0.717, 1.165) is 39.1 Å². The molecule has 3 N–H and O–H groups in total. The van der Waals surface area contributed by atoms with Crippen LogP contribution in [0.25, 0.3) is 44.5 Å². The first kappa shape index (κ1) is 19.8. The molecule has 4 heterocycles. The van der Waals surface area contributed by atoms with Crippen molar-refractivity contribution in [3.63, 3.8) is 0 Å². The Bertz CT molecular complexity index is 1670. The summed E-state index contributed by atoms with van der Waals surface area (Å²) in [6, 6.07) is 18.2. The Morgan fingerprint density at radius 3 is 2.68 bits per heavy atom. The number of benzene rings is 2. The zero-order chi connectivity index (χ0) is 23.1. The summed E-state index contributed by atoms with van der Waals surface area (Å²) in [6.07, 6.45) is 8.84. The van der Waals surface area contributed by atoms with E-state index in [9.17, 15) is 0 Å². The number of aromatic nitrogens is 6. The van der Waals surface area contributed by atoms with Crippen LogP contribution in [0.5, 0.6) is 0 Å². The first-order chi connectivity index (χ1) is 16.7. The molecule has 0 amide bonds. The predicted octanol–water partition coefficient (Wildman–Crippen LogP) is 4.97. The third-order valence-corrected chi connectivity index (χ3v) is 5.78. The van der Waals surface area contributed by atoms with Crippen LogP contribution in [0.15, 0.2) is 85.6 Å². The molecule has 6 rings (SSSR count). The third-order valence-electron chi connectivity index (χ3n) is 5.78. The lowest BCUT2D eigenvalue weighted by Gasteiger charge is -2.14. The van der Waals surface area contributed by atoms with Gasteiger partial charge in [0, 0.05) is 54.8 Å². The predicted molar refractivity (Wildman–Crippen MR) is 134 cm³/mol. The Balaban J connectivity index is 1.49. The molecule has 0 aliphatic rings. The highest BCUT2D eigenvalue weighted by Gasteiger charge is 2.13. The van der Waals surface area contributed by atoms with Crippen molar-refractivity contribution in [2.45, 2.75) is 0 Å². The highest BCUT2D eigenvalue weighted by molar-refractivity contribution is 5.97. The van der Waals surface area contributed by atoms with Crippen molar-refractivity contribution >= 4 is 39.3 Å². The number of hydrogen-bond donors (Lipinski definition) is 2. The fourth-order valence-electron chi connectivity index (χ4n) is 4.17. The second-order valence-electron chi connectivity index (χ2n) is 7.97. The van der Waals surface area contributed by atoms with Gasteiger partial charge in [-0.1, -0.05) is 12.1 Å². The normalized spacial score (nSPS) is 11.2.